The van der Waals surface area contributed by atoms with Crippen LogP contribution in [0.2, 0.25) is 0 Å². The van der Waals surface area contributed by atoms with E-state index in [0.717, 1.165) is 50.6 Å². The molecule has 0 aromatic heterocycles. The van der Waals surface area contributed by atoms with E-state index in [1.165, 1.54) is 44.8 Å². The van der Waals surface area contributed by atoms with Gasteiger partial charge in [0.05, 0.1) is 0 Å². The Labute approximate surface area is 182 Å². The van der Waals surface area contributed by atoms with Crippen molar-refractivity contribution in [2.45, 2.75) is 78.1 Å². The highest BCUT2D eigenvalue weighted by molar-refractivity contribution is 5.87. The van der Waals surface area contributed by atoms with Crippen molar-refractivity contribution >= 4 is 12.1 Å². The molecule has 0 spiro atoms. The Bertz CT molecular complexity index is 710. The van der Waals surface area contributed by atoms with Crippen LogP contribution in [0.15, 0.2) is 12.2 Å². The quantitative estimate of drug-likeness (QED) is 0.513. The van der Waals surface area contributed by atoms with E-state index in [9.17, 15) is 9.59 Å². The molecule has 5 fully saturated rings. The van der Waals surface area contributed by atoms with Gasteiger partial charge in [0.15, 0.2) is 0 Å². The zero-order valence-electron chi connectivity index (χ0n) is 19.1. The van der Waals surface area contributed by atoms with Crippen LogP contribution in [0.1, 0.15) is 78.1 Å². The molecule has 1 N–H and O–H groups in total. The minimum atomic E-state index is -0.0907. The van der Waals surface area contributed by atoms with Crippen LogP contribution < -0.4 is 5.32 Å². The molecule has 3 nitrogen and oxygen atoms in total. The maximum atomic E-state index is 12.7. The van der Waals surface area contributed by atoms with Gasteiger partial charge in [-0.1, -0.05) is 26.0 Å². The van der Waals surface area contributed by atoms with Crippen LogP contribution in [0.3, 0.4) is 0 Å². The average Bonchev–Trinajstić information content (AvgIpc) is 3.07. The van der Waals surface area contributed by atoms with E-state index in [1.807, 2.05) is 0 Å². The number of rotatable bonds is 3. The lowest BCUT2D eigenvalue weighted by Crippen LogP contribution is -2.56. The first kappa shape index (κ1) is 20.9. The summed E-state index contributed by atoms with van der Waals surface area (Å²) < 4.78 is 0. The van der Waals surface area contributed by atoms with Crippen molar-refractivity contribution in [3.05, 3.63) is 12.2 Å². The summed E-state index contributed by atoms with van der Waals surface area (Å²) in [6.07, 6.45) is 17.8. The fourth-order valence-electron chi connectivity index (χ4n) is 8.88. The first-order valence-electron chi connectivity index (χ1n) is 12.8. The largest absolute Gasteiger partial charge is 0.317 e. The third-order valence-corrected chi connectivity index (χ3v) is 10.7. The van der Waals surface area contributed by atoms with E-state index >= 15 is 0 Å². The summed E-state index contributed by atoms with van der Waals surface area (Å²) in [6, 6.07) is 0. The molecule has 4 saturated carbocycles. The molecule has 0 aromatic carbocycles. The number of aldehydes is 1. The van der Waals surface area contributed by atoms with E-state index in [0.29, 0.717) is 34.9 Å². The molecular weight excluding hydrogens is 370 g/mol. The lowest BCUT2D eigenvalue weighted by atomic mass is 9.42. The number of fused-ring (bicyclic) bond motifs is 5. The normalized spacial score (nSPS) is 49.5. The number of hydrogen-bond acceptors (Lipinski definition) is 3. The zero-order valence-corrected chi connectivity index (χ0v) is 19.1. The number of carbonyl (C=O) groups is 2. The molecule has 0 aromatic rings. The highest BCUT2D eigenvalue weighted by Gasteiger charge is 2.62. The fourth-order valence-corrected chi connectivity index (χ4v) is 8.88. The summed E-state index contributed by atoms with van der Waals surface area (Å²) in [7, 11) is 0. The van der Waals surface area contributed by atoms with Gasteiger partial charge >= 0.3 is 0 Å². The molecule has 8 atom stereocenters. The summed E-state index contributed by atoms with van der Waals surface area (Å²) in [5, 5.41) is 3.46. The summed E-state index contributed by atoms with van der Waals surface area (Å²) in [5.41, 5.74) is 0.202. The summed E-state index contributed by atoms with van der Waals surface area (Å²) >= 11 is 0. The molecule has 5 aliphatic rings. The second kappa shape index (κ2) is 7.87. The number of hydrogen-bond donors (Lipinski definition) is 1. The van der Waals surface area contributed by atoms with Crippen LogP contribution in [-0.2, 0) is 9.59 Å². The predicted molar refractivity (Wildman–Crippen MR) is 120 cm³/mol. The molecule has 4 aliphatic carbocycles. The molecule has 1 saturated heterocycles. The van der Waals surface area contributed by atoms with Gasteiger partial charge in [-0.2, -0.15) is 0 Å². The highest BCUT2D eigenvalue weighted by Crippen LogP contribution is 2.66. The Morgan fingerprint density at radius 1 is 0.867 bits per heavy atom. The maximum Gasteiger partial charge on any atom is 0.139 e. The predicted octanol–water partition coefficient (Wildman–Crippen LogP) is 5.20. The number of carbonyl (C=O) groups excluding carboxylic acids is 2. The van der Waals surface area contributed by atoms with E-state index in [4.69, 9.17) is 0 Å². The van der Waals surface area contributed by atoms with Crippen molar-refractivity contribution in [1.82, 2.24) is 5.32 Å². The highest BCUT2D eigenvalue weighted by atomic mass is 16.1. The molecule has 5 rings (SSSR count). The van der Waals surface area contributed by atoms with Gasteiger partial charge in [-0.3, -0.25) is 4.79 Å². The molecule has 2 unspecified atom stereocenters. The summed E-state index contributed by atoms with van der Waals surface area (Å²) in [5.74, 6) is 4.48. The minimum absolute atomic E-state index is 0.0907. The Morgan fingerprint density at radius 3 is 2.40 bits per heavy atom. The van der Waals surface area contributed by atoms with Crippen LogP contribution in [0.25, 0.3) is 0 Å². The van der Waals surface area contributed by atoms with E-state index in [2.05, 4.69) is 31.3 Å². The topological polar surface area (TPSA) is 46.2 Å². The second-order valence-corrected chi connectivity index (χ2v) is 11.9. The van der Waals surface area contributed by atoms with Crippen molar-refractivity contribution in [3.8, 4) is 0 Å². The van der Waals surface area contributed by atoms with Gasteiger partial charge in [-0.05, 0) is 112 Å². The lowest BCUT2D eigenvalue weighted by molar-refractivity contribution is -0.152. The van der Waals surface area contributed by atoms with Gasteiger partial charge < -0.3 is 10.1 Å². The lowest BCUT2D eigenvalue weighted by Gasteiger charge is -2.61. The Hall–Kier alpha value is -0.960. The van der Waals surface area contributed by atoms with Crippen molar-refractivity contribution in [2.24, 2.45) is 52.3 Å². The van der Waals surface area contributed by atoms with Crippen LogP contribution >= 0.6 is 0 Å². The van der Waals surface area contributed by atoms with Gasteiger partial charge in [0.2, 0.25) is 0 Å². The molecule has 0 radical (unpaired) electrons. The third kappa shape index (κ3) is 3.26. The molecular formula is C27H41NO2. The Kier molecular flexibility index (Phi) is 5.49. The number of Topliss-reactive ketones (excluding diaryl/α,β-unsaturated/α-hetero) is 1. The first-order valence-corrected chi connectivity index (χ1v) is 12.8. The fraction of sp³-hybridized carbons (Fsp3) is 0.852. The van der Waals surface area contributed by atoms with Crippen LogP contribution in [0.5, 0.6) is 0 Å². The van der Waals surface area contributed by atoms with Gasteiger partial charge in [0, 0.05) is 17.8 Å². The first-order chi connectivity index (χ1) is 14.5. The van der Waals surface area contributed by atoms with E-state index < -0.39 is 0 Å². The molecule has 1 aliphatic heterocycles. The second-order valence-electron chi connectivity index (χ2n) is 11.9. The van der Waals surface area contributed by atoms with E-state index in [1.54, 1.807) is 0 Å². The molecule has 0 amide bonds. The number of allylic oxidation sites excluding steroid dienone is 2. The smallest absolute Gasteiger partial charge is 0.139 e. The van der Waals surface area contributed by atoms with Crippen molar-refractivity contribution in [3.63, 3.8) is 0 Å². The molecule has 0 bridgehead atoms. The zero-order chi connectivity index (χ0) is 20.9. The van der Waals surface area contributed by atoms with Gasteiger partial charge in [0.1, 0.15) is 12.1 Å². The summed E-state index contributed by atoms with van der Waals surface area (Å²) in [6.45, 7) is 7.08. The van der Waals surface area contributed by atoms with Gasteiger partial charge in [0.25, 0.3) is 0 Å². The van der Waals surface area contributed by atoms with Crippen molar-refractivity contribution < 1.29 is 9.59 Å². The molecule has 30 heavy (non-hydrogen) atoms. The average molecular weight is 412 g/mol. The number of piperidine rings is 1. The van der Waals surface area contributed by atoms with Gasteiger partial charge in [-0.25, -0.2) is 0 Å². The van der Waals surface area contributed by atoms with Gasteiger partial charge in [-0.15, -0.1) is 0 Å². The van der Waals surface area contributed by atoms with Crippen LogP contribution in [-0.4, -0.2) is 25.2 Å². The van der Waals surface area contributed by atoms with Crippen LogP contribution in [0, 0.1) is 52.3 Å². The van der Waals surface area contributed by atoms with Crippen molar-refractivity contribution in [2.75, 3.05) is 13.1 Å². The van der Waals surface area contributed by atoms with E-state index in [-0.39, 0.29) is 11.3 Å². The molecule has 1 heterocycles. The summed E-state index contributed by atoms with van der Waals surface area (Å²) in [4.78, 5) is 25.0. The Morgan fingerprint density at radius 2 is 1.63 bits per heavy atom. The standard InChI is InChI=1S/C27H41NO2/c1-26-11-7-19(4-3-18-9-13-28-14-10-18)15-24(26)20(17-29)16-21-22-5-6-25(30)27(22,2)12-8-23(21)26/h3-4,17-24,28H,5-16H2,1-2H3/t19-,20?,21+,22+,23+,24?,26-,27+/m1/s1. The molecule has 3 heteroatoms. The maximum absolute atomic E-state index is 12.7. The monoisotopic (exact) mass is 411 g/mol. The SMILES string of the molecule is C[C@]12CC[C@@H](C=CC3CCNCC3)CC1C(C=O)C[C@@H]1[C@@H]2CC[C@]2(C)C(=O)CC[C@@H]12. The number of nitrogens with one attached hydrogen (secondary N) is 1. The van der Waals surface area contributed by atoms with Crippen molar-refractivity contribution in [1.29, 1.82) is 0 Å². The third-order valence-electron chi connectivity index (χ3n) is 10.7. The van der Waals surface area contributed by atoms with Crippen LogP contribution in [0.4, 0.5) is 0 Å². The minimum Gasteiger partial charge on any atom is -0.317 e. The molecule has 166 valence electrons. The number of ketones is 1. The Balaban J connectivity index is 1.34.